The van der Waals surface area contributed by atoms with Crippen LogP contribution >= 0.6 is 0 Å². The summed E-state index contributed by atoms with van der Waals surface area (Å²) in [7, 11) is 0. The van der Waals surface area contributed by atoms with Crippen molar-refractivity contribution in [2.75, 3.05) is 0 Å². The average Bonchev–Trinajstić information content (AvgIpc) is 3.09. The normalized spacial score (nSPS) is 13.9. The number of rotatable bonds is 5. The van der Waals surface area contributed by atoms with Crippen molar-refractivity contribution < 1.29 is 4.65 Å². The van der Waals surface area contributed by atoms with E-state index in [9.17, 15) is 0 Å². The molecule has 0 aliphatic heterocycles. The van der Waals surface area contributed by atoms with Gasteiger partial charge in [-0.05, 0) is 76.2 Å². The van der Waals surface area contributed by atoms with Gasteiger partial charge >= 0.3 is 6.92 Å². The van der Waals surface area contributed by atoms with Crippen LogP contribution in [0.4, 0.5) is 0 Å². The lowest BCUT2D eigenvalue weighted by Gasteiger charge is -2.41. The highest BCUT2D eigenvalue weighted by molar-refractivity contribution is 6.66. The van der Waals surface area contributed by atoms with E-state index in [1.54, 1.807) is 0 Å². The minimum atomic E-state index is -0.533. The van der Waals surface area contributed by atoms with Gasteiger partial charge in [0, 0.05) is 0 Å². The summed E-state index contributed by atoms with van der Waals surface area (Å²) in [6.07, 6.45) is 0. The van der Waals surface area contributed by atoms with Crippen molar-refractivity contribution in [1.82, 2.24) is 0 Å². The average molecular weight is 549 g/mol. The van der Waals surface area contributed by atoms with Gasteiger partial charge in [0.2, 0.25) is 0 Å². The second-order valence-corrected chi connectivity index (χ2v) is 13.4. The van der Waals surface area contributed by atoms with Crippen LogP contribution in [-0.2, 0) is 10.1 Å². The fourth-order valence-electron chi connectivity index (χ4n) is 6.49. The molecule has 0 amide bonds. The maximum atomic E-state index is 6.80. The van der Waals surface area contributed by atoms with Gasteiger partial charge < -0.3 is 4.65 Å². The van der Waals surface area contributed by atoms with Crippen LogP contribution in [0.25, 0.3) is 22.3 Å². The van der Waals surface area contributed by atoms with Crippen LogP contribution in [0.5, 0.6) is 0 Å². The summed E-state index contributed by atoms with van der Waals surface area (Å²) in [5.41, 5.74) is 11.8. The maximum Gasteiger partial charge on any atom is 0.324 e. The van der Waals surface area contributed by atoms with Crippen LogP contribution in [0.3, 0.4) is 0 Å². The zero-order valence-corrected chi connectivity index (χ0v) is 26.0. The van der Waals surface area contributed by atoms with E-state index in [0.717, 1.165) is 0 Å². The Bertz CT molecular complexity index is 1670. The van der Waals surface area contributed by atoms with E-state index in [2.05, 4.69) is 170 Å². The van der Waals surface area contributed by atoms with Crippen molar-refractivity contribution in [3.8, 4) is 22.3 Å². The minimum Gasteiger partial charge on any atom is -0.426 e. The molecule has 0 heterocycles. The van der Waals surface area contributed by atoms with E-state index < -0.39 is 5.41 Å². The fourth-order valence-corrected chi connectivity index (χ4v) is 6.49. The van der Waals surface area contributed by atoms with Crippen LogP contribution in [0, 0.1) is 12.3 Å². The van der Waals surface area contributed by atoms with Crippen molar-refractivity contribution in [1.29, 1.82) is 0 Å². The van der Waals surface area contributed by atoms with Gasteiger partial charge in [0.1, 0.15) is 0 Å². The first-order valence-corrected chi connectivity index (χ1v) is 15.2. The molecule has 0 radical (unpaired) electrons. The molecule has 5 aromatic rings. The largest absolute Gasteiger partial charge is 0.426 e. The second kappa shape index (κ2) is 10.4. The highest BCUT2D eigenvalue weighted by atomic mass is 16.5. The summed E-state index contributed by atoms with van der Waals surface area (Å²) in [5, 5.41) is 0. The maximum absolute atomic E-state index is 6.80. The van der Waals surface area contributed by atoms with E-state index in [-0.39, 0.29) is 17.9 Å². The zero-order valence-electron chi connectivity index (χ0n) is 26.0. The molecule has 0 N–H and O–H groups in total. The minimum absolute atomic E-state index is 0.00688. The third kappa shape index (κ3) is 4.54. The highest BCUT2D eigenvalue weighted by Gasteiger charge is 2.44. The monoisotopic (exact) mass is 548 g/mol. The molecule has 6 rings (SSSR count). The van der Waals surface area contributed by atoms with E-state index >= 15 is 0 Å². The lowest BCUT2D eigenvalue weighted by molar-refractivity contribution is 0.000447. The third-order valence-electron chi connectivity index (χ3n) is 9.72. The molecule has 42 heavy (non-hydrogen) atoms. The molecular formula is C40H41BO. The van der Waals surface area contributed by atoms with Crippen LogP contribution < -0.4 is 5.46 Å². The second-order valence-electron chi connectivity index (χ2n) is 13.4. The van der Waals surface area contributed by atoms with Gasteiger partial charge in [-0.15, -0.1) is 0 Å². The van der Waals surface area contributed by atoms with Gasteiger partial charge in [0.15, 0.2) is 0 Å². The summed E-state index contributed by atoms with van der Waals surface area (Å²) in [5.74, 6) is 0. The Balaban J connectivity index is 1.69. The molecular weight excluding hydrogens is 507 g/mol. The number of hydrogen-bond donors (Lipinski definition) is 0. The Morgan fingerprint density at radius 2 is 1.05 bits per heavy atom. The Labute approximate surface area is 252 Å². The predicted molar refractivity (Wildman–Crippen MR) is 180 cm³/mol. The Kier molecular flexibility index (Phi) is 7.02. The van der Waals surface area contributed by atoms with E-state index in [1.807, 2.05) is 0 Å². The fraction of sp³-hybridized carbons (Fsp3) is 0.250. The van der Waals surface area contributed by atoms with Crippen LogP contribution in [0.15, 0.2) is 121 Å². The Hall–Kier alpha value is -3.88. The van der Waals surface area contributed by atoms with E-state index in [0.29, 0.717) is 0 Å². The van der Waals surface area contributed by atoms with Crippen molar-refractivity contribution in [2.24, 2.45) is 5.41 Å². The first-order valence-electron chi connectivity index (χ1n) is 15.2. The van der Waals surface area contributed by atoms with E-state index in [4.69, 9.17) is 4.65 Å². The van der Waals surface area contributed by atoms with Crippen molar-refractivity contribution in [2.45, 2.75) is 59.4 Å². The molecule has 0 atom stereocenters. The molecule has 2 heteroatoms. The Morgan fingerprint density at radius 1 is 0.548 bits per heavy atom. The summed E-state index contributed by atoms with van der Waals surface area (Å²) in [6.45, 7) is 15.4. The van der Waals surface area contributed by atoms with Crippen LogP contribution in [-0.4, -0.2) is 12.5 Å². The zero-order chi connectivity index (χ0) is 29.7. The van der Waals surface area contributed by atoms with Gasteiger partial charge in [-0.1, -0.05) is 154 Å². The first kappa shape index (κ1) is 28.3. The molecule has 1 nitrogen and oxygen atoms in total. The van der Waals surface area contributed by atoms with Crippen molar-refractivity contribution >= 4 is 12.4 Å². The third-order valence-corrected chi connectivity index (χ3v) is 9.72. The summed E-state index contributed by atoms with van der Waals surface area (Å²) < 4.78 is 6.80. The quantitative estimate of drug-likeness (QED) is 0.195. The highest BCUT2D eigenvalue weighted by Crippen LogP contribution is 2.54. The lowest BCUT2D eigenvalue weighted by atomic mass is 9.58. The SMILES string of the molecule is CB(OC(C)(C)C(C)(C)C)c1cccc(C2(c3ccc(C)cc3)c3ccccc3-c3ccccc3-c3ccccc32)c1. The van der Waals surface area contributed by atoms with Gasteiger partial charge in [-0.2, -0.15) is 0 Å². The van der Waals surface area contributed by atoms with Gasteiger partial charge in [-0.25, -0.2) is 0 Å². The van der Waals surface area contributed by atoms with Gasteiger partial charge in [0.05, 0.1) is 11.0 Å². The molecule has 0 fully saturated rings. The van der Waals surface area contributed by atoms with Crippen LogP contribution in [0.1, 0.15) is 62.4 Å². The molecule has 0 saturated carbocycles. The Morgan fingerprint density at radius 3 is 1.57 bits per heavy atom. The smallest absolute Gasteiger partial charge is 0.324 e. The first-order chi connectivity index (χ1) is 20.0. The van der Waals surface area contributed by atoms with Crippen LogP contribution in [0.2, 0.25) is 6.82 Å². The van der Waals surface area contributed by atoms with E-state index in [1.165, 1.54) is 55.5 Å². The number of aryl methyl sites for hydroxylation is 1. The van der Waals surface area contributed by atoms with Gasteiger partial charge in [-0.3, -0.25) is 0 Å². The predicted octanol–water partition coefficient (Wildman–Crippen LogP) is 9.69. The summed E-state index contributed by atoms with van der Waals surface area (Å²) >= 11 is 0. The summed E-state index contributed by atoms with van der Waals surface area (Å²) in [4.78, 5) is 0. The topological polar surface area (TPSA) is 9.23 Å². The van der Waals surface area contributed by atoms with Gasteiger partial charge in [0.25, 0.3) is 0 Å². The number of hydrogen-bond acceptors (Lipinski definition) is 1. The number of benzene rings is 5. The molecule has 5 aromatic carbocycles. The van der Waals surface area contributed by atoms with Crippen molar-refractivity contribution in [3.05, 3.63) is 149 Å². The number of fused-ring (bicyclic) bond motifs is 5. The molecule has 1 aliphatic rings. The molecule has 0 unspecified atom stereocenters. The molecule has 0 bridgehead atoms. The standard InChI is InChI=1S/C40H41BO/c1-28-23-25-29(26-24-28)40(30-15-14-16-31(27-30)41(7)42-39(5,6)38(2,3)4)36-21-12-10-19-34(36)32-17-8-9-18-33(32)35-20-11-13-22-37(35)40/h8-27H,1-7H3. The van der Waals surface area contributed by atoms with Crippen molar-refractivity contribution in [3.63, 3.8) is 0 Å². The molecule has 0 saturated heterocycles. The lowest BCUT2D eigenvalue weighted by Crippen LogP contribution is -2.47. The molecule has 0 spiro atoms. The summed E-state index contributed by atoms with van der Waals surface area (Å²) in [6, 6.07) is 45.2. The molecule has 0 aromatic heterocycles. The molecule has 1 aliphatic carbocycles. The molecule has 210 valence electrons.